The van der Waals surface area contributed by atoms with Gasteiger partial charge in [-0.2, -0.15) is 0 Å². The molecule has 0 bridgehead atoms. The fraction of sp³-hybridized carbons (Fsp3) is 0.306. The molecule has 0 spiro atoms. The number of rotatable bonds is 22. The van der Waals surface area contributed by atoms with Crippen LogP contribution < -0.4 is 0 Å². The van der Waals surface area contributed by atoms with Gasteiger partial charge in [-0.25, -0.2) is 0 Å². The van der Waals surface area contributed by atoms with Gasteiger partial charge in [-0.15, -0.1) is 10.2 Å². The molecule has 0 radical (unpaired) electrons. The van der Waals surface area contributed by atoms with Crippen LogP contribution in [-0.2, 0) is 87.4 Å². The molecule has 61 heavy (non-hydrogen) atoms. The van der Waals surface area contributed by atoms with Gasteiger partial charge in [0.15, 0.2) is 6.29 Å². The molecule has 12 nitrogen and oxygen atoms in total. The van der Waals surface area contributed by atoms with Gasteiger partial charge in [-0.3, -0.25) is 9.36 Å². The Hall–Kier alpha value is -5.86. The standard InChI is InChI=1S/C49H52N6O6/c1-6-16-38(17-7-1)26-28-54-30-43(50-52-54)35-56-37-45-46(57-32-40-20-10-3-11-21-40)47(58-33-41-22-12-4-13-23-41)48(59-34-42-24-14-5-15-25-42)49(61-45)60-36-44-31-55(53-51-44)29-27-39-18-8-2-9-19-39/h1-25,30-31,45-49H,26-29,32-37H2/t45-,46-,47+,48-,49+/m1/s1. The molecule has 2 aromatic heterocycles. The van der Waals surface area contributed by atoms with Crippen molar-refractivity contribution in [2.75, 3.05) is 6.61 Å². The second-order valence-corrected chi connectivity index (χ2v) is 15.1. The Morgan fingerprint density at radius 2 is 0.836 bits per heavy atom. The first kappa shape index (κ1) is 41.9. The smallest absolute Gasteiger partial charge is 0.187 e. The van der Waals surface area contributed by atoms with Crippen LogP contribution in [-0.4, -0.2) is 67.3 Å². The summed E-state index contributed by atoms with van der Waals surface area (Å²) in [6.45, 7) is 2.90. The second-order valence-electron chi connectivity index (χ2n) is 15.1. The summed E-state index contributed by atoms with van der Waals surface area (Å²) in [5.74, 6) is 0. The van der Waals surface area contributed by atoms with E-state index >= 15 is 0 Å². The molecule has 5 atom stereocenters. The summed E-state index contributed by atoms with van der Waals surface area (Å²) in [4.78, 5) is 0. The lowest BCUT2D eigenvalue weighted by atomic mass is 9.97. The molecule has 1 aliphatic heterocycles. The van der Waals surface area contributed by atoms with Gasteiger partial charge in [0.25, 0.3) is 0 Å². The number of nitrogens with zero attached hydrogens (tertiary/aromatic N) is 6. The fourth-order valence-electron chi connectivity index (χ4n) is 7.27. The maximum Gasteiger partial charge on any atom is 0.187 e. The van der Waals surface area contributed by atoms with Crippen molar-refractivity contribution in [3.8, 4) is 0 Å². The predicted molar refractivity (Wildman–Crippen MR) is 228 cm³/mol. The zero-order valence-corrected chi connectivity index (χ0v) is 34.2. The summed E-state index contributed by atoms with van der Waals surface area (Å²) in [5, 5.41) is 17.6. The normalized spacial score (nSPS) is 18.9. The topological polar surface area (TPSA) is 117 Å². The second kappa shape index (κ2) is 22.1. The number of hydrogen-bond donors (Lipinski definition) is 0. The molecule has 8 rings (SSSR count). The summed E-state index contributed by atoms with van der Waals surface area (Å²) < 4.78 is 44.0. The highest BCUT2D eigenvalue weighted by Gasteiger charge is 2.49. The van der Waals surface area contributed by atoms with Crippen LogP contribution in [0.25, 0.3) is 0 Å². The van der Waals surface area contributed by atoms with E-state index in [1.54, 1.807) is 0 Å². The van der Waals surface area contributed by atoms with Gasteiger partial charge in [0, 0.05) is 13.1 Å². The van der Waals surface area contributed by atoms with Crippen LogP contribution >= 0.6 is 0 Å². The Morgan fingerprint density at radius 1 is 0.426 bits per heavy atom. The molecule has 0 aliphatic carbocycles. The summed E-state index contributed by atoms with van der Waals surface area (Å²) in [7, 11) is 0. The third-order valence-electron chi connectivity index (χ3n) is 10.5. The van der Waals surface area contributed by atoms with Gasteiger partial charge in [0.05, 0.1) is 52.0 Å². The molecule has 0 unspecified atom stereocenters. The zero-order valence-electron chi connectivity index (χ0n) is 34.2. The van der Waals surface area contributed by atoms with E-state index in [1.807, 2.05) is 149 Å². The Labute approximate surface area is 357 Å². The minimum absolute atomic E-state index is 0.141. The highest BCUT2D eigenvalue weighted by Crippen LogP contribution is 2.32. The van der Waals surface area contributed by atoms with Gasteiger partial charge in [-0.05, 0) is 40.7 Å². The van der Waals surface area contributed by atoms with Crippen LogP contribution in [0.15, 0.2) is 164 Å². The van der Waals surface area contributed by atoms with Crippen LogP contribution in [0.1, 0.15) is 39.2 Å². The molecule has 0 saturated carbocycles. The molecule has 1 aliphatic rings. The van der Waals surface area contributed by atoms with Crippen molar-refractivity contribution < 1.29 is 28.4 Å². The van der Waals surface area contributed by atoms with Crippen LogP contribution in [0.2, 0.25) is 0 Å². The van der Waals surface area contributed by atoms with Gasteiger partial charge in [0.1, 0.15) is 35.8 Å². The van der Waals surface area contributed by atoms with Crippen molar-refractivity contribution in [2.45, 2.75) is 89.7 Å². The Morgan fingerprint density at radius 3 is 1.31 bits per heavy atom. The predicted octanol–water partition coefficient (Wildman–Crippen LogP) is 7.57. The summed E-state index contributed by atoms with van der Waals surface area (Å²) in [6, 6.07) is 50.9. The molecule has 5 aromatic carbocycles. The van der Waals surface area contributed by atoms with Crippen molar-refractivity contribution in [3.63, 3.8) is 0 Å². The molecule has 0 N–H and O–H groups in total. The Balaban J connectivity index is 1.02. The lowest BCUT2D eigenvalue weighted by Crippen LogP contribution is -2.61. The average Bonchev–Trinajstić information content (AvgIpc) is 3.99. The first-order valence-corrected chi connectivity index (χ1v) is 20.9. The maximum absolute atomic E-state index is 6.87. The lowest BCUT2D eigenvalue weighted by Gasteiger charge is -2.45. The summed E-state index contributed by atoms with van der Waals surface area (Å²) >= 11 is 0. The van der Waals surface area contributed by atoms with Crippen molar-refractivity contribution in [1.82, 2.24) is 30.0 Å². The quantitative estimate of drug-likeness (QED) is 0.0678. The van der Waals surface area contributed by atoms with Crippen molar-refractivity contribution >= 4 is 0 Å². The monoisotopic (exact) mass is 820 g/mol. The van der Waals surface area contributed by atoms with E-state index in [-0.39, 0.29) is 19.8 Å². The molecule has 3 heterocycles. The SMILES string of the molecule is c1ccc(CCn2cc(COC[C@H]3O[C@H](OCc4cn(CCc5ccccc5)nn4)[C@H](OCc4ccccc4)[C@@H](OCc4ccccc4)[C@@H]3OCc3ccccc3)nn2)cc1. The van der Waals surface area contributed by atoms with Crippen LogP contribution in [0, 0.1) is 0 Å². The fourth-order valence-corrected chi connectivity index (χ4v) is 7.27. The molecular weight excluding hydrogens is 769 g/mol. The van der Waals surface area contributed by atoms with E-state index < -0.39 is 30.7 Å². The number of hydrogen-bond acceptors (Lipinski definition) is 10. The lowest BCUT2D eigenvalue weighted by molar-refractivity contribution is -0.331. The maximum atomic E-state index is 6.87. The van der Waals surface area contributed by atoms with E-state index in [1.165, 1.54) is 11.1 Å². The van der Waals surface area contributed by atoms with E-state index in [9.17, 15) is 0 Å². The van der Waals surface area contributed by atoms with Crippen molar-refractivity contribution in [1.29, 1.82) is 0 Å². The first-order chi connectivity index (χ1) is 30.2. The molecule has 12 heteroatoms. The van der Waals surface area contributed by atoms with Crippen LogP contribution in [0.3, 0.4) is 0 Å². The van der Waals surface area contributed by atoms with E-state index in [0.29, 0.717) is 38.6 Å². The summed E-state index contributed by atoms with van der Waals surface area (Å²) in [6.07, 6.45) is 2.11. The minimum atomic E-state index is -0.872. The molecule has 7 aromatic rings. The van der Waals surface area contributed by atoms with Crippen molar-refractivity contribution in [3.05, 3.63) is 203 Å². The molecule has 1 fully saturated rings. The van der Waals surface area contributed by atoms with Gasteiger partial charge in [0.2, 0.25) is 0 Å². The first-order valence-electron chi connectivity index (χ1n) is 20.9. The van der Waals surface area contributed by atoms with Gasteiger partial charge < -0.3 is 28.4 Å². The van der Waals surface area contributed by atoms with Crippen LogP contribution in [0.5, 0.6) is 0 Å². The molecular formula is C49H52N6O6. The average molecular weight is 821 g/mol. The molecule has 314 valence electrons. The van der Waals surface area contributed by atoms with E-state index in [2.05, 4.69) is 44.9 Å². The number of aryl methyl sites for hydroxylation is 4. The Kier molecular flexibility index (Phi) is 15.2. The largest absolute Gasteiger partial charge is 0.372 e. The molecule has 1 saturated heterocycles. The third kappa shape index (κ3) is 12.6. The van der Waals surface area contributed by atoms with Crippen LogP contribution in [0.4, 0.5) is 0 Å². The highest BCUT2D eigenvalue weighted by atomic mass is 16.7. The highest BCUT2D eigenvalue weighted by molar-refractivity contribution is 5.17. The number of aromatic nitrogens is 6. The molecule has 0 amide bonds. The summed E-state index contributed by atoms with van der Waals surface area (Å²) in [5.41, 5.74) is 6.91. The van der Waals surface area contributed by atoms with Gasteiger partial charge >= 0.3 is 0 Å². The zero-order chi connectivity index (χ0) is 41.3. The van der Waals surface area contributed by atoms with E-state index in [0.717, 1.165) is 35.2 Å². The van der Waals surface area contributed by atoms with Gasteiger partial charge in [-0.1, -0.05) is 162 Å². The Bertz CT molecular complexity index is 2280. The number of ether oxygens (including phenoxy) is 6. The number of benzene rings is 5. The van der Waals surface area contributed by atoms with E-state index in [4.69, 9.17) is 28.4 Å². The minimum Gasteiger partial charge on any atom is -0.372 e. The third-order valence-corrected chi connectivity index (χ3v) is 10.5. The van der Waals surface area contributed by atoms with Crippen molar-refractivity contribution in [2.24, 2.45) is 0 Å².